The lowest BCUT2D eigenvalue weighted by Gasteiger charge is -2.03. The predicted molar refractivity (Wildman–Crippen MR) is 61.8 cm³/mol. The zero-order valence-electron chi connectivity index (χ0n) is 8.71. The second kappa shape index (κ2) is 3.87. The summed E-state index contributed by atoms with van der Waals surface area (Å²) in [5.74, 6) is 0. The van der Waals surface area contributed by atoms with Gasteiger partial charge in [0.05, 0.1) is 0 Å². The molecule has 0 spiro atoms. The molecule has 0 radical (unpaired) electrons. The van der Waals surface area contributed by atoms with Gasteiger partial charge in [-0.05, 0) is 24.1 Å². The van der Waals surface area contributed by atoms with Crippen molar-refractivity contribution in [3.05, 3.63) is 45.7 Å². The molecule has 1 heterocycles. The Bertz CT molecular complexity index is 538. The lowest BCUT2D eigenvalue weighted by molar-refractivity contribution is 1.04. The van der Waals surface area contributed by atoms with E-state index in [1.807, 2.05) is 18.2 Å². The molecule has 0 aliphatic carbocycles. The zero-order valence-corrected chi connectivity index (χ0v) is 8.71. The van der Waals surface area contributed by atoms with E-state index >= 15 is 0 Å². The van der Waals surface area contributed by atoms with Crippen LogP contribution in [0.15, 0.2) is 29.2 Å². The Hall–Kier alpha value is -1.61. The molecule has 1 aromatic carbocycles. The molecule has 2 aromatic rings. The van der Waals surface area contributed by atoms with Gasteiger partial charge in [0.1, 0.15) is 0 Å². The largest absolute Gasteiger partial charge is 0.361 e. The first-order chi connectivity index (χ1) is 7.26. The van der Waals surface area contributed by atoms with Gasteiger partial charge in [-0.25, -0.2) is 0 Å². The van der Waals surface area contributed by atoms with Crippen molar-refractivity contribution < 1.29 is 0 Å². The van der Waals surface area contributed by atoms with Gasteiger partial charge in [-0.15, -0.1) is 0 Å². The van der Waals surface area contributed by atoms with E-state index in [2.05, 4.69) is 11.9 Å². The van der Waals surface area contributed by atoms with Gasteiger partial charge in [0, 0.05) is 29.2 Å². The van der Waals surface area contributed by atoms with Crippen molar-refractivity contribution in [2.75, 3.05) is 0 Å². The normalized spacial score (nSPS) is 10.8. The van der Waals surface area contributed by atoms with Crippen molar-refractivity contribution in [2.45, 2.75) is 19.9 Å². The molecule has 15 heavy (non-hydrogen) atoms. The second-order valence-corrected chi connectivity index (χ2v) is 3.58. The molecule has 0 bridgehead atoms. The molecule has 2 rings (SSSR count). The minimum atomic E-state index is 0.0431. The molecule has 0 atom stereocenters. The number of pyridine rings is 1. The first-order valence-electron chi connectivity index (χ1n) is 5.09. The van der Waals surface area contributed by atoms with Gasteiger partial charge in [0.2, 0.25) is 0 Å². The Morgan fingerprint density at radius 1 is 1.40 bits per heavy atom. The molecule has 1 aromatic heterocycles. The maximum absolute atomic E-state index is 11.9. The summed E-state index contributed by atoms with van der Waals surface area (Å²) in [6, 6.07) is 5.91. The molecule has 3 heteroatoms. The predicted octanol–water partition coefficient (Wildman–Crippen LogP) is 1.55. The number of nitrogens with two attached hydrogens (primary N) is 1. The third-order valence-corrected chi connectivity index (χ3v) is 2.65. The third kappa shape index (κ3) is 1.66. The summed E-state index contributed by atoms with van der Waals surface area (Å²) in [5.41, 5.74) is 8.21. The molecule has 0 aliphatic heterocycles. The van der Waals surface area contributed by atoms with E-state index in [1.54, 1.807) is 6.20 Å². The highest BCUT2D eigenvalue weighted by Crippen LogP contribution is 2.11. The van der Waals surface area contributed by atoms with Crippen LogP contribution >= 0.6 is 0 Å². The summed E-state index contributed by atoms with van der Waals surface area (Å²) >= 11 is 0. The van der Waals surface area contributed by atoms with Crippen molar-refractivity contribution in [1.82, 2.24) is 4.98 Å². The third-order valence-electron chi connectivity index (χ3n) is 2.65. The number of benzene rings is 1. The van der Waals surface area contributed by atoms with E-state index in [0.717, 1.165) is 17.3 Å². The van der Waals surface area contributed by atoms with Crippen LogP contribution in [0, 0.1) is 0 Å². The highest BCUT2D eigenvalue weighted by molar-refractivity contribution is 5.79. The Morgan fingerprint density at radius 3 is 2.87 bits per heavy atom. The first-order valence-corrected chi connectivity index (χ1v) is 5.09. The number of aryl methyl sites for hydroxylation is 1. The molecular formula is C12H14N2O. The Balaban J connectivity index is 2.78. The monoisotopic (exact) mass is 202 g/mol. The molecule has 0 amide bonds. The van der Waals surface area contributed by atoms with Crippen molar-refractivity contribution in [2.24, 2.45) is 5.73 Å². The number of H-pyrrole nitrogens is 1. The van der Waals surface area contributed by atoms with E-state index in [1.165, 1.54) is 5.56 Å². The van der Waals surface area contributed by atoms with Crippen LogP contribution in [0.25, 0.3) is 10.9 Å². The van der Waals surface area contributed by atoms with Crippen LogP contribution in [0.5, 0.6) is 0 Å². The molecule has 0 saturated heterocycles. The van der Waals surface area contributed by atoms with Crippen LogP contribution in [-0.2, 0) is 13.0 Å². The van der Waals surface area contributed by atoms with Gasteiger partial charge in [0.25, 0.3) is 0 Å². The molecular weight excluding hydrogens is 188 g/mol. The minimum absolute atomic E-state index is 0.0431. The van der Waals surface area contributed by atoms with Crippen LogP contribution in [0.4, 0.5) is 0 Å². The Kier molecular flexibility index (Phi) is 2.56. The number of rotatable bonds is 2. The molecule has 0 aliphatic rings. The lowest BCUT2D eigenvalue weighted by Crippen LogP contribution is -2.13. The summed E-state index contributed by atoms with van der Waals surface area (Å²) < 4.78 is 0. The Morgan fingerprint density at radius 2 is 2.20 bits per heavy atom. The van der Waals surface area contributed by atoms with E-state index < -0.39 is 0 Å². The summed E-state index contributed by atoms with van der Waals surface area (Å²) in [5, 5.41) is 0.734. The molecule has 3 nitrogen and oxygen atoms in total. The maximum Gasteiger partial charge on any atom is 0.193 e. The number of aromatic amines is 1. The van der Waals surface area contributed by atoms with Gasteiger partial charge in [0.15, 0.2) is 5.43 Å². The number of nitrogens with one attached hydrogen (secondary N) is 1. The molecule has 78 valence electrons. The summed E-state index contributed by atoms with van der Waals surface area (Å²) in [4.78, 5) is 15.0. The summed E-state index contributed by atoms with van der Waals surface area (Å²) in [6.07, 6.45) is 2.62. The zero-order chi connectivity index (χ0) is 10.8. The van der Waals surface area contributed by atoms with Crippen LogP contribution in [-0.4, -0.2) is 4.98 Å². The number of hydrogen-bond donors (Lipinski definition) is 2. The van der Waals surface area contributed by atoms with E-state index in [-0.39, 0.29) is 12.0 Å². The molecule has 3 N–H and O–H groups in total. The second-order valence-electron chi connectivity index (χ2n) is 3.58. The highest BCUT2D eigenvalue weighted by atomic mass is 16.1. The number of fused-ring (bicyclic) bond motifs is 1. The average molecular weight is 202 g/mol. The van der Waals surface area contributed by atoms with Crippen LogP contribution in [0.3, 0.4) is 0 Å². The van der Waals surface area contributed by atoms with E-state index in [0.29, 0.717) is 5.56 Å². The van der Waals surface area contributed by atoms with Crippen LogP contribution < -0.4 is 11.2 Å². The standard InChI is InChI=1S/C12H14N2O/c1-2-8-3-4-11-10(5-8)12(15)9(6-13)7-14-11/h3-5,7H,2,6,13H2,1H3,(H,14,15). The van der Waals surface area contributed by atoms with Crippen molar-refractivity contribution >= 4 is 10.9 Å². The van der Waals surface area contributed by atoms with Crippen molar-refractivity contribution in [3.63, 3.8) is 0 Å². The molecule has 0 saturated carbocycles. The van der Waals surface area contributed by atoms with Gasteiger partial charge in [-0.3, -0.25) is 4.79 Å². The quantitative estimate of drug-likeness (QED) is 0.776. The topological polar surface area (TPSA) is 58.9 Å². The molecule has 0 unspecified atom stereocenters. The summed E-state index contributed by atoms with van der Waals surface area (Å²) in [6.45, 7) is 2.35. The maximum atomic E-state index is 11.9. The van der Waals surface area contributed by atoms with E-state index in [9.17, 15) is 4.79 Å². The Labute approximate surface area is 87.9 Å². The lowest BCUT2D eigenvalue weighted by atomic mass is 10.1. The SMILES string of the molecule is CCc1ccc2[nH]cc(CN)c(=O)c2c1. The van der Waals surface area contributed by atoms with Gasteiger partial charge in [-0.2, -0.15) is 0 Å². The fraction of sp³-hybridized carbons (Fsp3) is 0.250. The fourth-order valence-electron chi connectivity index (χ4n) is 1.68. The van der Waals surface area contributed by atoms with E-state index in [4.69, 9.17) is 5.73 Å². The number of aromatic nitrogens is 1. The molecule has 0 fully saturated rings. The van der Waals surface area contributed by atoms with Crippen molar-refractivity contribution in [3.8, 4) is 0 Å². The van der Waals surface area contributed by atoms with Gasteiger partial charge in [-0.1, -0.05) is 13.0 Å². The smallest absolute Gasteiger partial charge is 0.193 e. The summed E-state index contributed by atoms with van der Waals surface area (Å²) in [7, 11) is 0. The first kappa shape index (κ1) is 9.93. The number of hydrogen-bond acceptors (Lipinski definition) is 2. The highest BCUT2D eigenvalue weighted by Gasteiger charge is 2.03. The van der Waals surface area contributed by atoms with Crippen LogP contribution in [0.2, 0.25) is 0 Å². The average Bonchev–Trinajstić information content (AvgIpc) is 2.29. The van der Waals surface area contributed by atoms with Crippen molar-refractivity contribution in [1.29, 1.82) is 0 Å². The van der Waals surface area contributed by atoms with Gasteiger partial charge < -0.3 is 10.7 Å². The minimum Gasteiger partial charge on any atom is -0.361 e. The van der Waals surface area contributed by atoms with Gasteiger partial charge >= 0.3 is 0 Å². The fourth-order valence-corrected chi connectivity index (χ4v) is 1.68. The van der Waals surface area contributed by atoms with Crippen LogP contribution in [0.1, 0.15) is 18.1 Å².